The molecule has 0 spiro atoms. The molecule has 0 aliphatic carbocycles. The second kappa shape index (κ2) is 5.66. The summed E-state index contributed by atoms with van der Waals surface area (Å²) < 4.78 is 11.4. The van der Waals surface area contributed by atoms with Crippen molar-refractivity contribution < 1.29 is 19.1 Å². The van der Waals surface area contributed by atoms with Gasteiger partial charge in [-0.15, -0.1) is 0 Å². The SMILES string of the molecule is CCOC[N+]1(COCC)CCCC1O. The van der Waals surface area contributed by atoms with Crippen LogP contribution in [0.1, 0.15) is 26.7 Å². The number of rotatable bonds is 6. The van der Waals surface area contributed by atoms with Gasteiger partial charge in [-0.25, -0.2) is 0 Å². The lowest BCUT2D eigenvalue weighted by atomic mass is 10.4. The lowest BCUT2D eigenvalue weighted by Crippen LogP contribution is -2.54. The Bertz CT molecular complexity index is 155. The predicted octanol–water partition coefficient (Wildman–Crippen LogP) is 0.903. The van der Waals surface area contributed by atoms with E-state index in [0.717, 1.165) is 19.4 Å². The molecule has 1 N–H and O–H groups in total. The average Bonchev–Trinajstić information content (AvgIpc) is 2.55. The van der Waals surface area contributed by atoms with Crippen LogP contribution in [0.5, 0.6) is 0 Å². The molecule has 1 fully saturated rings. The molecular weight excluding hydrogens is 182 g/mol. The molecule has 0 aromatic carbocycles. The van der Waals surface area contributed by atoms with E-state index in [1.165, 1.54) is 0 Å². The minimum Gasteiger partial charge on any atom is -0.345 e. The highest BCUT2D eigenvalue weighted by Crippen LogP contribution is 2.25. The van der Waals surface area contributed by atoms with E-state index < -0.39 is 0 Å². The highest BCUT2D eigenvalue weighted by atomic mass is 16.5. The van der Waals surface area contributed by atoms with E-state index in [-0.39, 0.29) is 6.23 Å². The summed E-state index contributed by atoms with van der Waals surface area (Å²) in [6.45, 7) is 7.42. The molecule has 1 unspecified atom stereocenters. The molecule has 0 radical (unpaired) electrons. The van der Waals surface area contributed by atoms with Crippen molar-refractivity contribution in [3.63, 3.8) is 0 Å². The monoisotopic (exact) mass is 204 g/mol. The van der Waals surface area contributed by atoms with Crippen molar-refractivity contribution in [3.05, 3.63) is 0 Å². The number of nitrogens with zero attached hydrogens (tertiary/aromatic N) is 1. The molecule has 0 aromatic heterocycles. The van der Waals surface area contributed by atoms with Crippen molar-refractivity contribution in [1.29, 1.82) is 0 Å². The molecule has 1 aliphatic heterocycles. The molecule has 4 nitrogen and oxygen atoms in total. The van der Waals surface area contributed by atoms with Gasteiger partial charge in [0.05, 0.1) is 6.54 Å². The zero-order valence-corrected chi connectivity index (χ0v) is 9.24. The van der Waals surface area contributed by atoms with Crippen LogP contribution < -0.4 is 0 Å². The molecule has 1 atom stereocenters. The van der Waals surface area contributed by atoms with Gasteiger partial charge in [-0.1, -0.05) is 0 Å². The third-order valence-electron chi connectivity index (χ3n) is 2.80. The molecule has 0 aromatic rings. The number of aliphatic hydroxyl groups excluding tert-OH is 1. The van der Waals surface area contributed by atoms with Crippen molar-refractivity contribution in [1.82, 2.24) is 0 Å². The topological polar surface area (TPSA) is 38.7 Å². The predicted molar refractivity (Wildman–Crippen MR) is 53.4 cm³/mol. The Labute approximate surface area is 86.0 Å². The summed E-state index contributed by atoms with van der Waals surface area (Å²) in [7, 11) is 0. The maximum Gasteiger partial charge on any atom is 0.194 e. The maximum absolute atomic E-state index is 9.90. The van der Waals surface area contributed by atoms with Gasteiger partial charge in [-0.3, -0.25) is 4.48 Å². The van der Waals surface area contributed by atoms with E-state index in [1.54, 1.807) is 0 Å². The van der Waals surface area contributed by atoms with Crippen LogP contribution in [0, 0.1) is 0 Å². The molecule has 0 saturated carbocycles. The summed E-state index contributed by atoms with van der Waals surface area (Å²) in [5, 5.41) is 9.90. The van der Waals surface area contributed by atoms with Crippen molar-refractivity contribution in [2.24, 2.45) is 0 Å². The summed E-state index contributed by atoms with van der Waals surface area (Å²) >= 11 is 0. The Morgan fingerprint density at radius 1 is 1.21 bits per heavy atom. The second-order valence-corrected chi connectivity index (χ2v) is 3.81. The van der Waals surface area contributed by atoms with Crippen molar-refractivity contribution in [3.8, 4) is 0 Å². The van der Waals surface area contributed by atoms with Crippen LogP contribution in [0.25, 0.3) is 0 Å². The van der Waals surface area contributed by atoms with Gasteiger partial charge in [-0.05, 0) is 13.8 Å². The summed E-state index contributed by atoms with van der Waals surface area (Å²) in [5.74, 6) is 0. The van der Waals surface area contributed by atoms with Crippen LogP contribution in [-0.4, -0.2) is 49.0 Å². The van der Waals surface area contributed by atoms with E-state index in [0.29, 0.717) is 31.2 Å². The normalized spacial score (nSPS) is 25.5. The summed E-state index contributed by atoms with van der Waals surface area (Å²) in [5.41, 5.74) is 0. The van der Waals surface area contributed by atoms with Crippen LogP contribution in [-0.2, 0) is 9.47 Å². The van der Waals surface area contributed by atoms with Crippen LogP contribution in [0.15, 0.2) is 0 Å². The van der Waals surface area contributed by atoms with Crippen molar-refractivity contribution >= 4 is 0 Å². The second-order valence-electron chi connectivity index (χ2n) is 3.81. The minimum absolute atomic E-state index is 0.312. The first kappa shape index (κ1) is 11.9. The lowest BCUT2D eigenvalue weighted by molar-refractivity contribution is -0.990. The van der Waals surface area contributed by atoms with E-state index >= 15 is 0 Å². The Balaban J connectivity index is 2.49. The largest absolute Gasteiger partial charge is 0.345 e. The van der Waals surface area contributed by atoms with Crippen LogP contribution >= 0.6 is 0 Å². The fraction of sp³-hybridized carbons (Fsp3) is 1.00. The smallest absolute Gasteiger partial charge is 0.194 e. The molecule has 1 rings (SSSR count). The van der Waals surface area contributed by atoms with Crippen LogP contribution in [0.4, 0.5) is 0 Å². The number of ether oxygens (including phenoxy) is 2. The number of likely N-dealkylation sites (tertiary alicyclic amines) is 1. The Kier molecular flexibility index (Phi) is 4.81. The molecule has 1 aliphatic rings. The maximum atomic E-state index is 9.90. The average molecular weight is 204 g/mol. The van der Waals surface area contributed by atoms with Crippen molar-refractivity contribution in [2.45, 2.75) is 32.9 Å². The van der Waals surface area contributed by atoms with E-state index in [4.69, 9.17) is 9.47 Å². The Morgan fingerprint density at radius 2 is 1.79 bits per heavy atom. The summed E-state index contributed by atoms with van der Waals surface area (Å²) in [6.07, 6.45) is 1.61. The van der Waals surface area contributed by atoms with Gasteiger partial charge in [0, 0.05) is 26.1 Å². The molecule has 1 heterocycles. The van der Waals surface area contributed by atoms with E-state index in [2.05, 4.69) is 0 Å². The quantitative estimate of drug-likeness (QED) is 0.653. The third-order valence-corrected chi connectivity index (χ3v) is 2.80. The molecule has 0 amide bonds. The number of hydrogen-bond donors (Lipinski definition) is 1. The van der Waals surface area contributed by atoms with Crippen LogP contribution in [0.2, 0.25) is 0 Å². The van der Waals surface area contributed by atoms with Gasteiger partial charge in [0.25, 0.3) is 0 Å². The van der Waals surface area contributed by atoms with E-state index in [1.807, 2.05) is 13.8 Å². The molecular formula is C10H22NO3+. The van der Waals surface area contributed by atoms with E-state index in [9.17, 15) is 5.11 Å². The fourth-order valence-electron chi connectivity index (χ4n) is 1.90. The molecule has 1 saturated heterocycles. The van der Waals surface area contributed by atoms with Gasteiger partial charge < -0.3 is 14.6 Å². The number of quaternary nitrogens is 1. The number of hydrogen-bond acceptors (Lipinski definition) is 3. The number of aliphatic hydroxyl groups is 1. The molecule has 0 bridgehead atoms. The van der Waals surface area contributed by atoms with Crippen molar-refractivity contribution in [2.75, 3.05) is 33.2 Å². The minimum atomic E-state index is -0.312. The first-order valence-electron chi connectivity index (χ1n) is 5.44. The van der Waals surface area contributed by atoms with Gasteiger partial charge in [0.15, 0.2) is 19.7 Å². The molecule has 14 heavy (non-hydrogen) atoms. The Morgan fingerprint density at radius 3 is 2.14 bits per heavy atom. The molecule has 84 valence electrons. The highest BCUT2D eigenvalue weighted by molar-refractivity contribution is 4.55. The zero-order valence-electron chi connectivity index (χ0n) is 9.24. The van der Waals surface area contributed by atoms with Gasteiger partial charge in [0.2, 0.25) is 0 Å². The first-order chi connectivity index (χ1) is 6.75. The fourth-order valence-corrected chi connectivity index (χ4v) is 1.90. The third kappa shape index (κ3) is 2.67. The van der Waals surface area contributed by atoms with Gasteiger partial charge in [0.1, 0.15) is 0 Å². The van der Waals surface area contributed by atoms with Gasteiger partial charge in [-0.2, -0.15) is 0 Å². The summed E-state index contributed by atoms with van der Waals surface area (Å²) in [6, 6.07) is 0. The Hall–Kier alpha value is -0.160. The highest BCUT2D eigenvalue weighted by Gasteiger charge is 2.40. The summed E-state index contributed by atoms with van der Waals surface area (Å²) in [4.78, 5) is 0. The zero-order chi connectivity index (χ0) is 10.4. The van der Waals surface area contributed by atoms with Crippen LogP contribution in [0.3, 0.4) is 0 Å². The standard InChI is InChI=1S/C10H22NO3/c1-3-13-8-11(9-14-4-2)7-5-6-10(11)12/h10,12H,3-9H2,1-2H3/q+1. The lowest BCUT2D eigenvalue weighted by Gasteiger charge is -2.35. The molecule has 4 heteroatoms. The first-order valence-corrected chi connectivity index (χ1v) is 5.44. The van der Waals surface area contributed by atoms with Gasteiger partial charge >= 0.3 is 0 Å².